The Bertz CT molecular complexity index is 1700. The summed E-state index contributed by atoms with van der Waals surface area (Å²) in [5.74, 6) is -0.0425. The zero-order chi connectivity index (χ0) is 34.8. The molecule has 0 aliphatic heterocycles. The Labute approximate surface area is 292 Å². The summed E-state index contributed by atoms with van der Waals surface area (Å²) in [6.07, 6.45) is 12.8. The van der Waals surface area contributed by atoms with Crippen molar-refractivity contribution in [2.24, 2.45) is 5.92 Å². The highest BCUT2D eigenvalue weighted by atomic mass is 32.1. The number of aryl methyl sites for hydroxylation is 1. The number of carbonyl (C=O) groups excluding carboxylic acids is 2. The summed E-state index contributed by atoms with van der Waals surface area (Å²) in [6.45, 7) is 6.55. The lowest BCUT2D eigenvalue weighted by Gasteiger charge is -2.20. The average Bonchev–Trinajstić information content (AvgIpc) is 3.54. The predicted molar refractivity (Wildman–Crippen MR) is 193 cm³/mol. The van der Waals surface area contributed by atoms with Gasteiger partial charge in [-0.05, 0) is 73.4 Å². The van der Waals surface area contributed by atoms with Crippen LogP contribution in [0.1, 0.15) is 85.0 Å². The lowest BCUT2D eigenvalue weighted by molar-refractivity contribution is -0.141. The van der Waals surface area contributed by atoms with Crippen LogP contribution in [0.4, 0.5) is 0 Å². The fourth-order valence-electron chi connectivity index (χ4n) is 5.92. The van der Waals surface area contributed by atoms with E-state index in [-0.39, 0.29) is 12.3 Å². The van der Waals surface area contributed by atoms with Crippen LogP contribution in [0.25, 0.3) is 22.5 Å². The van der Waals surface area contributed by atoms with Gasteiger partial charge in [-0.15, -0.1) is 11.3 Å². The maximum Gasteiger partial charge on any atom is 0.325 e. The van der Waals surface area contributed by atoms with Crippen molar-refractivity contribution < 1.29 is 24.2 Å². The van der Waals surface area contributed by atoms with Crippen molar-refractivity contribution in [3.05, 3.63) is 87.9 Å². The standard InChI is InChI=1S/C39H46N4O5S/c1-4-5-6-7-8-19-48-32-16-14-28(15-17-32)31-23-40-36(41-24-31)29-12-10-27(11-13-29)21-33(37(44)42-26(3)39(46)47)43-38(45)35-22-30-20-25(2)9-18-34(30)49-35/h10-17,22-26,33H,4-9,18-21H2,1-3H3,(H,42,44)(H,43,45)(H,46,47)/t25?,26-,33+/m1/s1. The molecule has 3 N–H and O–H groups in total. The first-order valence-electron chi connectivity index (χ1n) is 17.3. The second-order valence-corrected chi connectivity index (χ2v) is 14.1. The van der Waals surface area contributed by atoms with Crippen molar-refractivity contribution in [2.75, 3.05) is 6.61 Å². The third-order valence-corrected chi connectivity index (χ3v) is 10.1. The van der Waals surface area contributed by atoms with Gasteiger partial charge in [0.05, 0.1) is 11.5 Å². The molecule has 3 atom stereocenters. The molecule has 5 rings (SSSR count). The number of hydrogen-bond donors (Lipinski definition) is 3. The van der Waals surface area contributed by atoms with Gasteiger partial charge in [-0.3, -0.25) is 14.4 Å². The van der Waals surface area contributed by atoms with Crippen molar-refractivity contribution in [1.82, 2.24) is 20.6 Å². The van der Waals surface area contributed by atoms with E-state index in [1.165, 1.54) is 54.4 Å². The molecule has 258 valence electrons. The highest BCUT2D eigenvalue weighted by Crippen LogP contribution is 2.32. The fourth-order valence-corrected chi connectivity index (χ4v) is 7.03. The van der Waals surface area contributed by atoms with E-state index in [4.69, 9.17) is 4.74 Å². The molecule has 0 saturated carbocycles. The minimum atomic E-state index is -1.15. The summed E-state index contributed by atoms with van der Waals surface area (Å²) < 4.78 is 5.89. The van der Waals surface area contributed by atoms with E-state index in [0.717, 1.165) is 60.3 Å². The lowest BCUT2D eigenvalue weighted by Crippen LogP contribution is -2.51. The molecule has 1 aliphatic rings. The zero-order valence-corrected chi connectivity index (χ0v) is 29.4. The number of carboxylic acids is 1. The van der Waals surface area contributed by atoms with Gasteiger partial charge in [-0.1, -0.05) is 75.9 Å². The molecule has 0 fully saturated rings. The van der Waals surface area contributed by atoms with Crippen molar-refractivity contribution in [3.8, 4) is 28.3 Å². The molecular formula is C39H46N4O5S. The van der Waals surface area contributed by atoms with E-state index < -0.39 is 24.0 Å². The number of ether oxygens (including phenoxy) is 1. The van der Waals surface area contributed by atoms with Gasteiger partial charge in [0.25, 0.3) is 5.91 Å². The molecule has 0 radical (unpaired) electrons. The van der Waals surface area contributed by atoms with Crippen molar-refractivity contribution >= 4 is 29.1 Å². The van der Waals surface area contributed by atoms with Gasteiger partial charge in [0, 0.05) is 34.8 Å². The molecule has 0 bridgehead atoms. The third-order valence-electron chi connectivity index (χ3n) is 8.91. The number of aromatic nitrogens is 2. The van der Waals surface area contributed by atoms with Gasteiger partial charge in [0.15, 0.2) is 5.82 Å². The number of carboxylic acid groups (broad SMARTS) is 1. The second kappa shape index (κ2) is 17.2. The minimum Gasteiger partial charge on any atom is -0.494 e. The zero-order valence-electron chi connectivity index (χ0n) is 28.5. The normalized spacial score (nSPS) is 15.1. The molecule has 4 aromatic rings. The summed E-state index contributed by atoms with van der Waals surface area (Å²) in [7, 11) is 0. The van der Waals surface area contributed by atoms with E-state index in [0.29, 0.717) is 16.6 Å². The minimum absolute atomic E-state index is 0.185. The maximum absolute atomic E-state index is 13.3. The molecule has 2 heterocycles. The first kappa shape index (κ1) is 35.7. The monoisotopic (exact) mass is 682 g/mol. The van der Waals surface area contributed by atoms with Crippen molar-refractivity contribution in [2.45, 2.75) is 90.6 Å². The average molecular weight is 683 g/mol. The molecule has 0 saturated heterocycles. The molecule has 10 heteroatoms. The Kier molecular flexibility index (Phi) is 12.5. The number of aliphatic carboxylic acids is 1. The van der Waals surface area contributed by atoms with E-state index in [1.54, 1.807) is 12.4 Å². The van der Waals surface area contributed by atoms with Crippen LogP contribution in [-0.4, -0.2) is 51.5 Å². The number of benzene rings is 2. The first-order chi connectivity index (χ1) is 23.7. The molecule has 9 nitrogen and oxygen atoms in total. The Hall–Kier alpha value is -4.57. The number of amides is 2. The summed E-state index contributed by atoms with van der Waals surface area (Å²) in [5.41, 5.74) is 4.70. The van der Waals surface area contributed by atoms with Crippen LogP contribution in [-0.2, 0) is 28.9 Å². The number of carbonyl (C=O) groups is 3. The third kappa shape index (κ3) is 9.98. The summed E-state index contributed by atoms with van der Waals surface area (Å²) in [4.78, 5) is 48.9. The molecule has 2 aromatic carbocycles. The number of nitrogens with one attached hydrogen (secondary N) is 2. The van der Waals surface area contributed by atoms with Gasteiger partial charge >= 0.3 is 5.97 Å². The Balaban J connectivity index is 1.21. The van der Waals surface area contributed by atoms with E-state index in [2.05, 4.69) is 34.4 Å². The van der Waals surface area contributed by atoms with Gasteiger partial charge < -0.3 is 20.5 Å². The van der Waals surface area contributed by atoms with Gasteiger partial charge in [0.2, 0.25) is 5.91 Å². The molecule has 0 spiro atoms. The van der Waals surface area contributed by atoms with Crippen LogP contribution in [0, 0.1) is 5.92 Å². The van der Waals surface area contributed by atoms with Gasteiger partial charge in [0.1, 0.15) is 17.8 Å². The molecular weight excluding hydrogens is 637 g/mol. The quantitative estimate of drug-likeness (QED) is 0.106. The smallest absolute Gasteiger partial charge is 0.325 e. The van der Waals surface area contributed by atoms with Gasteiger partial charge in [-0.25, -0.2) is 9.97 Å². The number of fused-ring (bicyclic) bond motifs is 1. The first-order valence-corrected chi connectivity index (χ1v) is 18.1. The van der Waals surface area contributed by atoms with Crippen LogP contribution in [0.5, 0.6) is 5.75 Å². The maximum atomic E-state index is 13.3. The van der Waals surface area contributed by atoms with Crippen molar-refractivity contribution in [3.63, 3.8) is 0 Å². The van der Waals surface area contributed by atoms with Crippen LogP contribution < -0.4 is 15.4 Å². The highest BCUT2D eigenvalue weighted by Gasteiger charge is 2.27. The molecule has 1 aliphatic carbocycles. The number of hydrogen-bond acceptors (Lipinski definition) is 7. The van der Waals surface area contributed by atoms with Crippen LogP contribution >= 0.6 is 11.3 Å². The lowest BCUT2D eigenvalue weighted by atomic mass is 9.90. The second-order valence-electron chi connectivity index (χ2n) is 13.0. The SMILES string of the molecule is CCCCCCCOc1ccc(-c2cnc(-c3ccc(C[C@H](NC(=O)c4cc5c(s4)CCC(C)C5)C(=O)N[C@H](C)C(=O)O)cc3)nc2)cc1. The summed E-state index contributed by atoms with van der Waals surface area (Å²) in [5, 5.41) is 14.7. The topological polar surface area (TPSA) is 131 Å². The highest BCUT2D eigenvalue weighted by molar-refractivity contribution is 7.14. The van der Waals surface area contributed by atoms with E-state index in [9.17, 15) is 19.5 Å². The molecule has 1 unspecified atom stereocenters. The molecule has 2 amide bonds. The van der Waals surface area contributed by atoms with Crippen LogP contribution in [0.2, 0.25) is 0 Å². The molecule has 2 aromatic heterocycles. The van der Waals surface area contributed by atoms with Crippen molar-refractivity contribution in [1.29, 1.82) is 0 Å². The number of nitrogens with zero attached hydrogens (tertiary/aromatic N) is 2. The summed E-state index contributed by atoms with van der Waals surface area (Å²) >= 11 is 1.47. The van der Waals surface area contributed by atoms with E-state index in [1.807, 2.05) is 54.6 Å². The number of thiophene rings is 1. The Morgan fingerprint density at radius 3 is 2.33 bits per heavy atom. The Morgan fingerprint density at radius 1 is 0.939 bits per heavy atom. The molecule has 49 heavy (non-hydrogen) atoms. The summed E-state index contributed by atoms with van der Waals surface area (Å²) in [6, 6.07) is 15.3. The van der Waals surface area contributed by atoms with Crippen LogP contribution in [0.15, 0.2) is 67.0 Å². The van der Waals surface area contributed by atoms with E-state index >= 15 is 0 Å². The predicted octanol–water partition coefficient (Wildman–Crippen LogP) is 7.28. The largest absolute Gasteiger partial charge is 0.494 e. The fraction of sp³-hybridized carbons (Fsp3) is 0.410. The van der Waals surface area contributed by atoms with Crippen LogP contribution in [0.3, 0.4) is 0 Å². The number of rotatable bonds is 16. The van der Waals surface area contributed by atoms with Gasteiger partial charge in [-0.2, -0.15) is 0 Å². The Morgan fingerprint density at radius 2 is 1.63 bits per heavy atom. The number of unbranched alkanes of at least 4 members (excludes halogenated alkanes) is 4.